The van der Waals surface area contributed by atoms with E-state index in [9.17, 15) is 10.1 Å². The van der Waals surface area contributed by atoms with Crippen LogP contribution in [-0.2, 0) is 13.0 Å². The topological polar surface area (TPSA) is 94.1 Å². The Kier molecular flexibility index (Phi) is 3.98. The summed E-state index contributed by atoms with van der Waals surface area (Å²) < 4.78 is 4.59. The molecule has 1 aromatic heterocycles. The van der Waals surface area contributed by atoms with Crippen LogP contribution in [0.25, 0.3) is 0 Å². The van der Waals surface area contributed by atoms with Crippen molar-refractivity contribution in [3.63, 3.8) is 0 Å². The summed E-state index contributed by atoms with van der Waals surface area (Å²) in [4.78, 5) is 14.3. The van der Waals surface area contributed by atoms with Gasteiger partial charge in [0.05, 0.1) is 11.5 Å². The van der Waals surface area contributed by atoms with Crippen LogP contribution in [0.1, 0.15) is 11.4 Å². The van der Waals surface area contributed by atoms with Gasteiger partial charge in [-0.15, -0.1) is 0 Å². The fourth-order valence-corrected chi connectivity index (χ4v) is 1.59. The number of hydrogen-bond acceptors (Lipinski definition) is 6. The van der Waals surface area contributed by atoms with Gasteiger partial charge in [0.1, 0.15) is 0 Å². The lowest BCUT2D eigenvalue weighted by Crippen LogP contribution is -2.17. The first-order chi connectivity index (χ1) is 8.77. The molecular weight excluding hydrogens is 236 g/mol. The maximum absolute atomic E-state index is 10.8. The Morgan fingerprint density at radius 2 is 2.22 bits per heavy atom. The van der Waals surface area contributed by atoms with E-state index < -0.39 is 0 Å². The molecule has 0 aliphatic rings. The second-order valence-electron chi connectivity index (χ2n) is 3.66. The van der Waals surface area contributed by atoms with E-state index in [4.69, 9.17) is 0 Å². The second-order valence-corrected chi connectivity index (χ2v) is 3.66. The molecule has 2 aromatic rings. The fourth-order valence-electron chi connectivity index (χ4n) is 1.59. The fraction of sp³-hybridized carbons (Fsp3) is 0.273. The van der Waals surface area contributed by atoms with E-state index in [1.165, 1.54) is 12.5 Å². The highest BCUT2D eigenvalue weighted by Gasteiger charge is 2.11. The lowest BCUT2D eigenvalue weighted by Gasteiger charge is -2.03. The minimum Gasteiger partial charge on any atom is -0.343 e. The largest absolute Gasteiger partial charge is 0.343 e. The molecule has 0 atom stereocenters. The van der Waals surface area contributed by atoms with Crippen LogP contribution in [0.2, 0.25) is 0 Å². The van der Waals surface area contributed by atoms with E-state index in [2.05, 4.69) is 20.0 Å². The van der Waals surface area contributed by atoms with Crippen molar-refractivity contribution in [3.05, 3.63) is 52.2 Å². The zero-order valence-electron chi connectivity index (χ0n) is 9.57. The summed E-state index contributed by atoms with van der Waals surface area (Å²) in [5.41, 5.74) is 0.863. The zero-order chi connectivity index (χ0) is 12.8. The minimum atomic E-state index is -0.367. The third-order valence-corrected chi connectivity index (χ3v) is 2.45. The number of nitrogens with zero attached hydrogens (tertiary/aromatic N) is 3. The van der Waals surface area contributed by atoms with Gasteiger partial charge in [-0.25, -0.2) is 0 Å². The van der Waals surface area contributed by atoms with Crippen molar-refractivity contribution in [1.82, 2.24) is 15.5 Å². The molecule has 0 fully saturated rings. The first-order valence-corrected chi connectivity index (χ1v) is 5.45. The van der Waals surface area contributed by atoms with Crippen molar-refractivity contribution < 1.29 is 9.45 Å². The van der Waals surface area contributed by atoms with Crippen LogP contribution in [0, 0.1) is 10.1 Å². The summed E-state index contributed by atoms with van der Waals surface area (Å²) in [6, 6.07) is 6.72. The van der Waals surface area contributed by atoms with Gasteiger partial charge >= 0.3 is 0 Å². The van der Waals surface area contributed by atoms with Crippen LogP contribution in [0.15, 0.2) is 35.2 Å². The predicted molar refractivity (Wildman–Crippen MR) is 62.8 cm³/mol. The number of rotatable bonds is 6. The third kappa shape index (κ3) is 3.11. The van der Waals surface area contributed by atoms with Crippen LogP contribution in [0.4, 0.5) is 5.69 Å². The summed E-state index contributed by atoms with van der Waals surface area (Å²) in [6.45, 7) is 1.09. The van der Waals surface area contributed by atoms with Crippen LogP contribution in [-0.4, -0.2) is 21.6 Å². The Balaban J connectivity index is 1.85. The average Bonchev–Trinajstić information content (AvgIpc) is 2.88. The van der Waals surface area contributed by atoms with Gasteiger partial charge in [0, 0.05) is 11.6 Å². The molecule has 18 heavy (non-hydrogen) atoms. The van der Waals surface area contributed by atoms with Gasteiger partial charge in [-0.3, -0.25) is 10.1 Å². The number of para-hydroxylation sites is 1. The van der Waals surface area contributed by atoms with Crippen molar-refractivity contribution in [1.29, 1.82) is 0 Å². The Morgan fingerprint density at radius 3 is 2.94 bits per heavy atom. The number of nitro groups is 1. The van der Waals surface area contributed by atoms with Crippen LogP contribution >= 0.6 is 0 Å². The van der Waals surface area contributed by atoms with Crippen molar-refractivity contribution in [2.75, 3.05) is 6.54 Å². The van der Waals surface area contributed by atoms with Gasteiger partial charge in [-0.2, -0.15) is 4.98 Å². The van der Waals surface area contributed by atoms with Crippen LogP contribution in [0.3, 0.4) is 0 Å². The van der Waals surface area contributed by atoms with Gasteiger partial charge < -0.3 is 9.84 Å². The molecule has 0 aliphatic carbocycles. The summed E-state index contributed by atoms with van der Waals surface area (Å²) in [5, 5.41) is 17.5. The average molecular weight is 248 g/mol. The Hall–Kier alpha value is -2.28. The highest BCUT2D eigenvalue weighted by atomic mass is 16.6. The van der Waals surface area contributed by atoms with Crippen molar-refractivity contribution >= 4 is 5.69 Å². The van der Waals surface area contributed by atoms with Gasteiger partial charge in [0.2, 0.25) is 6.39 Å². The Bertz CT molecular complexity index is 513. The highest BCUT2D eigenvalue weighted by molar-refractivity contribution is 5.39. The molecular formula is C11H12N4O3. The molecule has 0 bridgehead atoms. The molecule has 2 rings (SSSR count). The van der Waals surface area contributed by atoms with E-state index in [0.717, 1.165) is 0 Å². The standard InChI is InChI=1S/C11H12N4O3/c16-15(17)10-4-2-1-3-9(10)5-6-12-7-11-13-8-18-14-11/h1-4,8,12H,5-7H2. The van der Waals surface area contributed by atoms with Crippen LogP contribution < -0.4 is 5.32 Å². The van der Waals surface area contributed by atoms with Gasteiger partial charge in [0.15, 0.2) is 5.82 Å². The molecule has 7 nitrogen and oxygen atoms in total. The number of hydrogen-bond donors (Lipinski definition) is 1. The molecule has 0 amide bonds. The smallest absolute Gasteiger partial charge is 0.272 e. The quantitative estimate of drug-likeness (QED) is 0.470. The van der Waals surface area contributed by atoms with Gasteiger partial charge in [0.25, 0.3) is 5.69 Å². The maximum atomic E-state index is 10.8. The molecule has 0 saturated carbocycles. The number of aromatic nitrogens is 2. The summed E-state index contributed by atoms with van der Waals surface area (Å²) >= 11 is 0. The molecule has 0 radical (unpaired) electrons. The number of nitro benzene ring substituents is 1. The maximum Gasteiger partial charge on any atom is 0.272 e. The molecule has 7 heteroatoms. The Morgan fingerprint density at radius 1 is 1.39 bits per heavy atom. The van der Waals surface area contributed by atoms with Crippen molar-refractivity contribution in [3.8, 4) is 0 Å². The predicted octanol–water partition coefficient (Wildman–Crippen LogP) is 1.31. The molecule has 1 aromatic carbocycles. The molecule has 0 saturated heterocycles. The van der Waals surface area contributed by atoms with E-state index in [1.807, 2.05) is 0 Å². The SMILES string of the molecule is O=[N+]([O-])c1ccccc1CCNCc1ncon1. The number of nitrogens with one attached hydrogen (secondary N) is 1. The molecule has 94 valence electrons. The van der Waals surface area contributed by atoms with Crippen molar-refractivity contribution in [2.45, 2.75) is 13.0 Å². The summed E-state index contributed by atoms with van der Waals surface area (Å²) in [6.07, 6.45) is 1.84. The van der Waals surface area contributed by atoms with E-state index in [1.54, 1.807) is 18.2 Å². The second kappa shape index (κ2) is 5.87. The normalized spacial score (nSPS) is 10.4. The lowest BCUT2D eigenvalue weighted by atomic mass is 10.1. The lowest BCUT2D eigenvalue weighted by molar-refractivity contribution is -0.385. The minimum absolute atomic E-state index is 0.152. The van der Waals surface area contributed by atoms with Gasteiger partial charge in [-0.1, -0.05) is 23.4 Å². The summed E-state index contributed by atoms with van der Waals surface area (Å²) in [7, 11) is 0. The molecule has 1 N–H and O–H groups in total. The molecule has 0 unspecified atom stereocenters. The van der Waals surface area contributed by atoms with Crippen LogP contribution in [0.5, 0.6) is 0 Å². The number of benzene rings is 1. The summed E-state index contributed by atoms with van der Waals surface area (Å²) in [5.74, 6) is 0.567. The third-order valence-electron chi connectivity index (χ3n) is 2.45. The molecule has 0 aliphatic heterocycles. The highest BCUT2D eigenvalue weighted by Crippen LogP contribution is 2.17. The van der Waals surface area contributed by atoms with Gasteiger partial charge in [-0.05, 0) is 13.0 Å². The molecule has 0 spiro atoms. The van der Waals surface area contributed by atoms with E-state index >= 15 is 0 Å². The first-order valence-electron chi connectivity index (χ1n) is 5.45. The Labute approximate surface area is 103 Å². The molecule has 1 heterocycles. The van der Waals surface area contributed by atoms with Crippen molar-refractivity contribution in [2.24, 2.45) is 0 Å². The monoisotopic (exact) mass is 248 g/mol. The van der Waals surface area contributed by atoms with E-state index in [0.29, 0.717) is 30.9 Å². The van der Waals surface area contributed by atoms with E-state index in [-0.39, 0.29) is 10.6 Å². The zero-order valence-corrected chi connectivity index (χ0v) is 9.57. The first kappa shape index (κ1) is 12.2.